The van der Waals surface area contributed by atoms with Gasteiger partial charge in [-0.2, -0.15) is 8.78 Å². The molecule has 0 N–H and O–H groups in total. The first-order valence-electron chi connectivity index (χ1n) is 6.47. The molecule has 0 bridgehead atoms. The highest BCUT2D eigenvalue weighted by Crippen LogP contribution is 2.18. The minimum atomic E-state index is -2.91. The summed E-state index contributed by atoms with van der Waals surface area (Å²) >= 11 is 1.39. The van der Waals surface area contributed by atoms with E-state index in [1.807, 2.05) is 6.07 Å². The van der Waals surface area contributed by atoms with Gasteiger partial charge in [-0.15, -0.1) is 0 Å². The molecule has 8 heteroatoms. The van der Waals surface area contributed by atoms with Gasteiger partial charge in [0.1, 0.15) is 5.75 Å². The Morgan fingerprint density at radius 2 is 2.18 bits per heavy atom. The molecule has 1 aromatic carbocycles. The maximum atomic E-state index is 12.3. The number of benzene rings is 1. The Kier molecular flexibility index (Phi) is 4.10. The number of hydrogen-bond donors (Lipinski definition) is 0. The number of fused-ring (bicyclic) bond motifs is 1. The molecular weight excluding hydrogens is 312 g/mol. The maximum absolute atomic E-state index is 12.3. The van der Waals surface area contributed by atoms with Crippen LogP contribution in [0.3, 0.4) is 0 Å². The lowest BCUT2D eigenvalue weighted by atomic mass is 10.2. The summed E-state index contributed by atoms with van der Waals surface area (Å²) in [5.41, 5.74) is 0.121. The monoisotopic (exact) mass is 323 g/mol. The third-order valence-electron chi connectivity index (χ3n) is 3.11. The van der Waals surface area contributed by atoms with Gasteiger partial charge in [0, 0.05) is 30.1 Å². The molecule has 2 heterocycles. The van der Waals surface area contributed by atoms with Crippen LogP contribution in [-0.2, 0) is 13.0 Å². The Labute approximate surface area is 128 Å². The van der Waals surface area contributed by atoms with Crippen LogP contribution >= 0.6 is 11.5 Å². The van der Waals surface area contributed by atoms with Crippen molar-refractivity contribution in [3.63, 3.8) is 0 Å². The minimum Gasteiger partial charge on any atom is -0.435 e. The summed E-state index contributed by atoms with van der Waals surface area (Å²) in [5, 5.41) is 0.369. The maximum Gasteiger partial charge on any atom is 0.387 e. The van der Waals surface area contributed by atoms with Crippen molar-refractivity contribution in [2.45, 2.75) is 19.6 Å². The van der Waals surface area contributed by atoms with Crippen molar-refractivity contribution in [3.8, 4) is 5.75 Å². The normalized spacial score (nSPS) is 11.2. The summed E-state index contributed by atoms with van der Waals surface area (Å²) in [4.78, 5) is 17.6. The van der Waals surface area contributed by atoms with E-state index in [1.54, 1.807) is 6.20 Å². The summed E-state index contributed by atoms with van der Waals surface area (Å²) in [6.45, 7) is -2.42. The third-order valence-corrected chi connectivity index (χ3v) is 3.91. The highest BCUT2D eigenvalue weighted by Gasteiger charge is 2.09. The third kappa shape index (κ3) is 3.11. The predicted molar refractivity (Wildman–Crippen MR) is 78.5 cm³/mol. The van der Waals surface area contributed by atoms with E-state index in [9.17, 15) is 13.6 Å². The standard InChI is InChI=1S/C14H11F2N3O2S/c15-14(16)21-9-1-2-11-12(7-9)17-8-19(13(11)20)6-4-10-3-5-18-22-10/h1-3,5,7-8,14H,4,6H2. The van der Waals surface area contributed by atoms with Crippen LogP contribution < -0.4 is 10.3 Å². The Hall–Kier alpha value is -2.35. The molecule has 0 aliphatic heterocycles. The molecule has 0 radical (unpaired) electrons. The molecule has 0 fully saturated rings. The van der Waals surface area contributed by atoms with Crippen molar-refractivity contribution in [1.82, 2.24) is 13.9 Å². The van der Waals surface area contributed by atoms with Crippen molar-refractivity contribution >= 4 is 22.4 Å². The number of aromatic nitrogens is 3. The van der Waals surface area contributed by atoms with Gasteiger partial charge in [0.15, 0.2) is 0 Å². The zero-order valence-electron chi connectivity index (χ0n) is 11.3. The molecule has 22 heavy (non-hydrogen) atoms. The zero-order valence-corrected chi connectivity index (χ0v) is 12.1. The first-order valence-corrected chi connectivity index (χ1v) is 7.24. The first kappa shape index (κ1) is 14.6. The lowest BCUT2D eigenvalue weighted by Gasteiger charge is -2.07. The Balaban J connectivity index is 1.87. The van der Waals surface area contributed by atoms with Gasteiger partial charge < -0.3 is 4.74 Å². The second-order valence-electron chi connectivity index (χ2n) is 4.53. The van der Waals surface area contributed by atoms with Crippen LogP contribution in [0.15, 0.2) is 41.6 Å². The topological polar surface area (TPSA) is 57.0 Å². The van der Waals surface area contributed by atoms with Crippen LogP contribution in [0.1, 0.15) is 4.88 Å². The highest BCUT2D eigenvalue weighted by atomic mass is 32.1. The van der Waals surface area contributed by atoms with Gasteiger partial charge in [0.2, 0.25) is 0 Å². The van der Waals surface area contributed by atoms with Crippen molar-refractivity contribution < 1.29 is 13.5 Å². The number of halogens is 2. The molecule has 0 saturated carbocycles. The fourth-order valence-electron chi connectivity index (χ4n) is 2.08. The quantitative estimate of drug-likeness (QED) is 0.724. The second kappa shape index (κ2) is 6.18. The molecular formula is C14H11F2N3O2S. The second-order valence-corrected chi connectivity index (χ2v) is 5.45. The van der Waals surface area contributed by atoms with Gasteiger partial charge in [0.05, 0.1) is 17.2 Å². The Bertz CT molecular complexity index is 834. The fraction of sp³-hybridized carbons (Fsp3) is 0.214. The molecule has 114 valence electrons. The van der Waals surface area contributed by atoms with Crippen LogP contribution in [0.25, 0.3) is 10.9 Å². The number of alkyl halides is 2. The van der Waals surface area contributed by atoms with Crippen molar-refractivity contribution in [1.29, 1.82) is 0 Å². The zero-order chi connectivity index (χ0) is 15.5. The Morgan fingerprint density at radius 1 is 1.32 bits per heavy atom. The number of ether oxygens (including phenoxy) is 1. The van der Waals surface area contributed by atoms with Crippen molar-refractivity contribution in [2.75, 3.05) is 0 Å². The number of nitrogens with zero attached hydrogens (tertiary/aromatic N) is 3. The number of aryl methyl sites for hydroxylation is 2. The van der Waals surface area contributed by atoms with Gasteiger partial charge in [-0.3, -0.25) is 9.36 Å². The van der Waals surface area contributed by atoms with Crippen LogP contribution in [0.4, 0.5) is 8.78 Å². The molecule has 0 amide bonds. The molecule has 0 atom stereocenters. The molecule has 0 aliphatic carbocycles. The van der Waals surface area contributed by atoms with Crippen LogP contribution in [0, 0.1) is 0 Å². The largest absolute Gasteiger partial charge is 0.435 e. The lowest BCUT2D eigenvalue weighted by molar-refractivity contribution is -0.0497. The van der Waals surface area contributed by atoms with Crippen LogP contribution in [0.5, 0.6) is 5.75 Å². The van der Waals surface area contributed by atoms with E-state index < -0.39 is 6.61 Å². The van der Waals surface area contributed by atoms with E-state index in [0.29, 0.717) is 23.9 Å². The summed E-state index contributed by atoms with van der Waals surface area (Å²) in [6.07, 6.45) is 3.81. The van der Waals surface area contributed by atoms with E-state index in [0.717, 1.165) is 4.88 Å². The summed E-state index contributed by atoms with van der Waals surface area (Å²) in [5.74, 6) is -0.0168. The molecule has 2 aromatic heterocycles. The van der Waals surface area contributed by atoms with Crippen molar-refractivity contribution in [3.05, 3.63) is 52.0 Å². The number of hydrogen-bond acceptors (Lipinski definition) is 5. The minimum absolute atomic E-state index is 0.0168. The summed E-state index contributed by atoms with van der Waals surface area (Å²) in [7, 11) is 0. The van der Waals surface area contributed by atoms with E-state index in [2.05, 4.69) is 14.1 Å². The van der Waals surface area contributed by atoms with Crippen LogP contribution in [0.2, 0.25) is 0 Å². The highest BCUT2D eigenvalue weighted by molar-refractivity contribution is 7.05. The van der Waals surface area contributed by atoms with Gasteiger partial charge in [-0.1, -0.05) is 0 Å². The predicted octanol–water partition coefficient (Wildman–Crippen LogP) is 2.70. The average Bonchev–Trinajstić information content (AvgIpc) is 2.99. The van der Waals surface area contributed by atoms with Gasteiger partial charge in [-0.25, -0.2) is 9.36 Å². The molecule has 3 aromatic rings. The summed E-state index contributed by atoms with van der Waals surface area (Å²) < 4.78 is 34.2. The van der Waals surface area contributed by atoms with E-state index >= 15 is 0 Å². The lowest BCUT2D eigenvalue weighted by Crippen LogP contribution is -2.21. The SMILES string of the molecule is O=c1c2ccc(OC(F)F)cc2ncn1CCc1ccns1. The molecule has 0 aliphatic rings. The first-order chi connectivity index (χ1) is 10.6. The van der Waals surface area contributed by atoms with E-state index in [-0.39, 0.29) is 11.3 Å². The van der Waals surface area contributed by atoms with Crippen LogP contribution in [-0.4, -0.2) is 20.5 Å². The Morgan fingerprint density at radius 3 is 2.91 bits per heavy atom. The van der Waals surface area contributed by atoms with E-state index in [1.165, 1.54) is 40.6 Å². The molecule has 0 spiro atoms. The smallest absolute Gasteiger partial charge is 0.387 e. The fourth-order valence-corrected chi connectivity index (χ4v) is 2.64. The summed E-state index contributed by atoms with van der Waals surface area (Å²) in [6, 6.07) is 6.02. The molecule has 5 nitrogen and oxygen atoms in total. The van der Waals surface area contributed by atoms with Gasteiger partial charge >= 0.3 is 6.61 Å². The number of rotatable bonds is 5. The average molecular weight is 323 g/mol. The van der Waals surface area contributed by atoms with E-state index in [4.69, 9.17) is 0 Å². The van der Waals surface area contributed by atoms with Crippen molar-refractivity contribution in [2.24, 2.45) is 0 Å². The molecule has 0 saturated heterocycles. The van der Waals surface area contributed by atoms with Gasteiger partial charge in [0.25, 0.3) is 5.56 Å². The molecule has 0 unspecified atom stereocenters. The molecule has 3 rings (SSSR count). The van der Waals surface area contributed by atoms with Gasteiger partial charge in [-0.05, 0) is 29.7 Å².